The molecule has 6 heteroatoms. The lowest BCUT2D eigenvalue weighted by molar-refractivity contribution is 0.0946. The molecule has 2 aromatic heterocycles. The second-order valence-corrected chi connectivity index (χ2v) is 7.11. The molecule has 24 heavy (non-hydrogen) atoms. The molecule has 1 fully saturated rings. The fourth-order valence-electron chi connectivity index (χ4n) is 2.98. The lowest BCUT2D eigenvalue weighted by Crippen LogP contribution is -2.29. The number of nitrogens with one attached hydrogen (secondary N) is 1. The number of aromatic nitrogens is 3. The van der Waals surface area contributed by atoms with Crippen molar-refractivity contribution in [1.82, 2.24) is 20.1 Å². The molecule has 0 aromatic carbocycles. The van der Waals surface area contributed by atoms with E-state index in [9.17, 15) is 4.79 Å². The number of rotatable bonds is 5. The Balaban J connectivity index is 1.94. The van der Waals surface area contributed by atoms with Gasteiger partial charge in [0.1, 0.15) is 0 Å². The molecule has 130 valence electrons. The number of ether oxygens (including phenoxy) is 1. The lowest BCUT2D eigenvalue weighted by atomic mass is 10.0. The van der Waals surface area contributed by atoms with Gasteiger partial charge in [-0.3, -0.25) is 4.79 Å². The van der Waals surface area contributed by atoms with Gasteiger partial charge in [-0.2, -0.15) is 5.10 Å². The summed E-state index contributed by atoms with van der Waals surface area (Å²) in [5, 5.41) is 8.30. The van der Waals surface area contributed by atoms with E-state index in [0.29, 0.717) is 18.0 Å². The predicted molar refractivity (Wildman–Crippen MR) is 93.3 cm³/mol. The fourth-order valence-corrected chi connectivity index (χ4v) is 2.98. The quantitative estimate of drug-likeness (QED) is 0.915. The van der Waals surface area contributed by atoms with Crippen LogP contribution in [-0.2, 0) is 4.74 Å². The molecule has 1 N–H and O–H groups in total. The molecule has 0 radical (unpaired) electrons. The van der Waals surface area contributed by atoms with Crippen LogP contribution in [0.15, 0.2) is 12.3 Å². The molecule has 1 aliphatic rings. The van der Waals surface area contributed by atoms with Gasteiger partial charge in [0.2, 0.25) is 0 Å². The summed E-state index contributed by atoms with van der Waals surface area (Å²) in [5.74, 6) is 0.605. The number of carbonyl (C=O) groups excluding carboxylic acids is 1. The first-order valence-corrected chi connectivity index (χ1v) is 8.71. The first-order valence-electron chi connectivity index (χ1n) is 8.71. The van der Waals surface area contributed by atoms with E-state index in [0.717, 1.165) is 36.4 Å². The summed E-state index contributed by atoms with van der Waals surface area (Å²) >= 11 is 0. The summed E-state index contributed by atoms with van der Waals surface area (Å²) in [6, 6.07) is 2.10. The van der Waals surface area contributed by atoms with Crippen molar-refractivity contribution in [1.29, 1.82) is 0 Å². The van der Waals surface area contributed by atoms with Crippen LogP contribution in [0.3, 0.4) is 0 Å². The van der Waals surface area contributed by atoms with E-state index in [2.05, 4.69) is 38.1 Å². The van der Waals surface area contributed by atoms with Gasteiger partial charge in [-0.05, 0) is 32.3 Å². The average Bonchev–Trinajstić information content (AvgIpc) is 3.20. The first-order chi connectivity index (χ1) is 11.5. The van der Waals surface area contributed by atoms with Crippen LogP contribution in [-0.4, -0.2) is 40.4 Å². The van der Waals surface area contributed by atoms with E-state index in [1.807, 2.05) is 10.7 Å². The molecule has 1 saturated heterocycles. The maximum absolute atomic E-state index is 12.8. The van der Waals surface area contributed by atoms with E-state index in [4.69, 9.17) is 9.72 Å². The summed E-state index contributed by atoms with van der Waals surface area (Å²) in [4.78, 5) is 17.5. The van der Waals surface area contributed by atoms with Crippen LogP contribution in [0.2, 0.25) is 0 Å². The summed E-state index contributed by atoms with van der Waals surface area (Å²) in [7, 11) is 0. The van der Waals surface area contributed by atoms with Gasteiger partial charge in [0.25, 0.3) is 5.91 Å². The van der Waals surface area contributed by atoms with Crippen molar-refractivity contribution in [2.24, 2.45) is 5.92 Å². The maximum Gasteiger partial charge on any atom is 0.252 e. The number of carbonyl (C=O) groups is 1. The molecule has 0 aliphatic carbocycles. The zero-order valence-corrected chi connectivity index (χ0v) is 14.9. The Kier molecular flexibility index (Phi) is 4.85. The van der Waals surface area contributed by atoms with E-state index in [1.165, 1.54) is 0 Å². The smallest absolute Gasteiger partial charge is 0.252 e. The Hall–Kier alpha value is -1.95. The van der Waals surface area contributed by atoms with Gasteiger partial charge < -0.3 is 10.1 Å². The number of hydrogen-bond acceptors (Lipinski definition) is 4. The van der Waals surface area contributed by atoms with E-state index in [-0.39, 0.29) is 17.9 Å². The molecule has 0 spiro atoms. The normalized spacial score (nSPS) is 18.0. The van der Waals surface area contributed by atoms with Crippen LogP contribution in [0.25, 0.3) is 11.0 Å². The second-order valence-electron chi connectivity index (χ2n) is 7.11. The third kappa shape index (κ3) is 3.29. The molecule has 1 atom stereocenters. The third-order valence-corrected chi connectivity index (χ3v) is 4.49. The predicted octanol–water partition coefficient (Wildman–Crippen LogP) is 2.90. The topological polar surface area (TPSA) is 69.0 Å². The molecule has 1 amide bonds. The number of amides is 1. The molecule has 2 aromatic rings. The van der Waals surface area contributed by atoms with Crippen LogP contribution in [0.1, 0.15) is 62.1 Å². The van der Waals surface area contributed by atoms with Gasteiger partial charge in [0.05, 0.1) is 23.8 Å². The van der Waals surface area contributed by atoms with Crippen LogP contribution in [0, 0.1) is 5.92 Å². The van der Waals surface area contributed by atoms with Crippen molar-refractivity contribution < 1.29 is 9.53 Å². The minimum Gasteiger partial charge on any atom is -0.381 e. The van der Waals surface area contributed by atoms with Gasteiger partial charge in [0, 0.05) is 30.8 Å². The third-order valence-electron chi connectivity index (χ3n) is 4.49. The molecule has 1 unspecified atom stereocenters. The van der Waals surface area contributed by atoms with Crippen molar-refractivity contribution in [3.05, 3.63) is 23.5 Å². The number of hydrogen-bond donors (Lipinski definition) is 1. The number of nitrogens with zero attached hydrogens (tertiary/aromatic N) is 3. The summed E-state index contributed by atoms with van der Waals surface area (Å²) in [5.41, 5.74) is 2.36. The van der Waals surface area contributed by atoms with Gasteiger partial charge in [-0.1, -0.05) is 13.8 Å². The van der Waals surface area contributed by atoms with Crippen molar-refractivity contribution in [2.45, 2.75) is 46.1 Å². The monoisotopic (exact) mass is 330 g/mol. The highest BCUT2D eigenvalue weighted by molar-refractivity contribution is 6.05. The van der Waals surface area contributed by atoms with Crippen molar-refractivity contribution >= 4 is 16.9 Å². The van der Waals surface area contributed by atoms with Crippen molar-refractivity contribution in [3.63, 3.8) is 0 Å². The standard InChI is InChI=1S/C18H26N4O2/c1-11(2)16-7-14(18(23)19-8-13-5-6-24-10-13)15-9-20-22(12(3)4)17(15)21-16/h7,9,11-13H,5-6,8,10H2,1-4H3,(H,19,23). The zero-order valence-electron chi connectivity index (χ0n) is 14.9. The Labute approximate surface area is 142 Å². The minimum atomic E-state index is -0.0560. The lowest BCUT2D eigenvalue weighted by Gasteiger charge is -2.13. The van der Waals surface area contributed by atoms with Gasteiger partial charge in [0.15, 0.2) is 5.65 Å². The molecule has 0 saturated carbocycles. The minimum absolute atomic E-state index is 0.0560. The Morgan fingerprint density at radius 2 is 2.21 bits per heavy atom. The highest BCUT2D eigenvalue weighted by Crippen LogP contribution is 2.24. The molecule has 6 nitrogen and oxygen atoms in total. The van der Waals surface area contributed by atoms with Gasteiger partial charge in [-0.25, -0.2) is 9.67 Å². The van der Waals surface area contributed by atoms with Gasteiger partial charge >= 0.3 is 0 Å². The fraction of sp³-hybridized carbons (Fsp3) is 0.611. The highest BCUT2D eigenvalue weighted by Gasteiger charge is 2.21. The number of fused-ring (bicyclic) bond motifs is 1. The Morgan fingerprint density at radius 3 is 2.83 bits per heavy atom. The molecular weight excluding hydrogens is 304 g/mol. The molecule has 1 aliphatic heterocycles. The molecule has 0 bridgehead atoms. The van der Waals surface area contributed by atoms with Crippen LogP contribution in [0.4, 0.5) is 0 Å². The van der Waals surface area contributed by atoms with E-state index >= 15 is 0 Å². The molecule has 3 heterocycles. The molecular formula is C18H26N4O2. The molecule has 3 rings (SSSR count). The Bertz CT molecular complexity index is 730. The van der Waals surface area contributed by atoms with Crippen LogP contribution < -0.4 is 5.32 Å². The van der Waals surface area contributed by atoms with Crippen molar-refractivity contribution in [2.75, 3.05) is 19.8 Å². The highest BCUT2D eigenvalue weighted by atomic mass is 16.5. The van der Waals surface area contributed by atoms with Crippen LogP contribution >= 0.6 is 0 Å². The zero-order chi connectivity index (χ0) is 17.3. The van der Waals surface area contributed by atoms with E-state index < -0.39 is 0 Å². The Morgan fingerprint density at radius 1 is 1.42 bits per heavy atom. The summed E-state index contributed by atoms with van der Waals surface area (Å²) in [6.45, 7) is 10.5. The number of pyridine rings is 1. The van der Waals surface area contributed by atoms with E-state index in [1.54, 1.807) is 6.20 Å². The van der Waals surface area contributed by atoms with Crippen LogP contribution in [0.5, 0.6) is 0 Å². The second kappa shape index (κ2) is 6.89. The summed E-state index contributed by atoms with van der Waals surface area (Å²) in [6.07, 6.45) is 2.76. The first kappa shape index (κ1) is 16.9. The van der Waals surface area contributed by atoms with Crippen molar-refractivity contribution in [3.8, 4) is 0 Å². The maximum atomic E-state index is 12.8. The SMILES string of the molecule is CC(C)c1cc(C(=O)NCC2CCOC2)c2cnn(C(C)C)c2n1. The van der Waals surface area contributed by atoms with Gasteiger partial charge in [-0.15, -0.1) is 0 Å². The summed E-state index contributed by atoms with van der Waals surface area (Å²) < 4.78 is 7.25. The largest absolute Gasteiger partial charge is 0.381 e. The average molecular weight is 330 g/mol.